The molecule has 0 bridgehead atoms. The van der Waals surface area contributed by atoms with E-state index >= 15 is 0 Å². The second-order valence-electron chi connectivity index (χ2n) is 5.72. The van der Waals surface area contributed by atoms with Crippen molar-refractivity contribution in [2.45, 2.75) is 32.7 Å². The first-order chi connectivity index (χ1) is 9.86. The Morgan fingerprint density at radius 1 is 1.19 bits per heavy atom. The van der Waals surface area contributed by atoms with Gasteiger partial charge in [0.1, 0.15) is 5.75 Å². The lowest BCUT2D eigenvalue weighted by molar-refractivity contribution is -0.274. The van der Waals surface area contributed by atoms with Crippen molar-refractivity contribution in [1.82, 2.24) is 5.32 Å². The van der Waals surface area contributed by atoms with E-state index in [1.54, 1.807) is 12.1 Å². The monoisotopic (exact) mass is 303 g/mol. The maximum absolute atomic E-state index is 12.0. The van der Waals surface area contributed by atoms with Crippen LogP contribution in [-0.2, 0) is 11.3 Å². The average molecular weight is 303 g/mol. The average Bonchev–Trinajstić information content (AvgIpc) is 2.40. The summed E-state index contributed by atoms with van der Waals surface area (Å²) >= 11 is 0. The van der Waals surface area contributed by atoms with Crippen LogP contribution in [0.15, 0.2) is 24.3 Å². The zero-order valence-corrected chi connectivity index (χ0v) is 12.0. The number of benzene rings is 1. The van der Waals surface area contributed by atoms with Crippen LogP contribution in [0.1, 0.15) is 25.3 Å². The normalized spacial score (nSPS) is 18.5. The number of nitrogens with one attached hydrogen (secondary N) is 1. The Morgan fingerprint density at radius 3 is 2.38 bits per heavy atom. The largest absolute Gasteiger partial charge is 0.573 e. The molecular weight excluding hydrogens is 283 g/mol. The van der Waals surface area contributed by atoms with Gasteiger partial charge in [0.2, 0.25) is 0 Å². The van der Waals surface area contributed by atoms with Gasteiger partial charge in [-0.2, -0.15) is 0 Å². The molecule has 118 valence electrons. The second-order valence-corrected chi connectivity index (χ2v) is 5.72. The van der Waals surface area contributed by atoms with Crippen LogP contribution < -0.4 is 10.1 Å². The predicted octanol–water partition coefficient (Wildman–Crippen LogP) is 3.49. The van der Waals surface area contributed by atoms with Gasteiger partial charge in [-0.3, -0.25) is 0 Å². The van der Waals surface area contributed by atoms with E-state index in [0.29, 0.717) is 6.54 Å². The molecule has 1 aromatic carbocycles. The summed E-state index contributed by atoms with van der Waals surface area (Å²) in [6.07, 6.45) is -2.59. The summed E-state index contributed by atoms with van der Waals surface area (Å²) in [5.74, 6) is -0.192. The molecule has 1 heterocycles. The minimum atomic E-state index is -4.64. The smallest absolute Gasteiger partial charge is 0.406 e. The van der Waals surface area contributed by atoms with E-state index in [0.717, 1.165) is 38.2 Å². The predicted molar refractivity (Wildman–Crippen MR) is 73.0 cm³/mol. The van der Waals surface area contributed by atoms with Gasteiger partial charge < -0.3 is 14.8 Å². The van der Waals surface area contributed by atoms with Gasteiger partial charge in [0.05, 0.1) is 0 Å². The van der Waals surface area contributed by atoms with Crippen LogP contribution in [0, 0.1) is 5.41 Å². The highest BCUT2D eigenvalue weighted by atomic mass is 19.4. The number of alkyl halides is 3. The summed E-state index contributed by atoms with van der Waals surface area (Å²) in [4.78, 5) is 0. The molecule has 0 aromatic heterocycles. The van der Waals surface area contributed by atoms with Crippen LogP contribution in [-0.4, -0.2) is 26.1 Å². The molecule has 1 aromatic rings. The highest BCUT2D eigenvalue weighted by Gasteiger charge is 2.31. The van der Waals surface area contributed by atoms with Crippen molar-refractivity contribution in [3.05, 3.63) is 29.8 Å². The second kappa shape index (κ2) is 6.66. The summed E-state index contributed by atoms with van der Waals surface area (Å²) in [5.41, 5.74) is 1.16. The molecule has 0 amide bonds. The molecular formula is C15H20F3NO2. The van der Waals surface area contributed by atoms with E-state index in [1.165, 1.54) is 12.1 Å². The Balaban J connectivity index is 1.78. The first-order valence-electron chi connectivity index (χ1n) is 7.00. The molecule has 6 heteroatoms. The lowest BCUT2D eigenvalue weighted by Crippen LogP contribution is -2.36. The molecule has 1 aliphatic rings. The van der Waals surface area contributed by atoms with Crippen molar-refractivity contribution in [3.8, 4) is 5.75 Å². The Bertz CT molecular complexity index is 439. The third-order valence-electron chi connectivity index (χ3n) is 3.74. The van der Waals surface area contributed by atoms with Crippen LogP contribution >= 0.6 is 0 Å². The van der Waals surface area contributed by atoms with Crippen LogP contribution in [0.3, 0.4) is 0 Å². The SMILES string of the molecule is CC1(CNCc2ccc(OC(F)(F)F)cc2)CCOCC1. The molecule has 1 aliphatic heterocycles. The number of hydrogen-bond acceptors (Lipinski definition) is 3. The molecule has 0 radical (unpaired) electrons. The molecule has 0 unspecified atom stereocenters. The molecule has 0 spiro atoms. The van der Waals surface area contributed by atoms with Gasteiger partial charge in [0.25, 0.3) is 0 Å². The van der Waals surface area contributed by atoms with Crippen molar-refractivity contribution < 1.29 is 22.6 Å². The first kappa shape index (κ1) is 16.1. The Morgan fingerprint density at radius 2 is 1.81 bits per heavy atom. The molecule has 1 fully saturated rings. The summed E-state index contributed by atoms with van der Waals surface area (Å²) in [6, 6.07) is 5.95. The fraction of sp³-hybridized carbons (Fsp3) is 0.600. The van der Waals surface area contributed by atoms with Crippen molar-refractivity contribution in [3.63, 3.8) is 0 Å². The fourth-order valence-corrected chi connectivity index (χ4v) is 2.36. The van der Waals surface area contributed by atoms with E-state index in [2.05, 4.69) is 17.0 Å². The van der Waals surface area contributed by atoms with Crippen molar-refractivity contribution in [1.29, 1.82) is 0 Å². The van der Waals surface area contributed by atoms with Crippen molar-refractivity contribution in [2.75, 3.05) is 19.8 Å². The summed E-state index contributed by atoms with van der Waals surface area (Å²) in [5, 5.41) is 3.36. The van der Waals surface area contributed by atoms with Crippen LogP contribution in [0.5, 0.6) is 5.75 Å². The summed E-state index contributed by atoms with van der Waals surface area (Å²) in [7, 11) is 0. The van der Waals surface area contributed by atoms with E-state index in [1.807, 2.05) is 0 Å². The third-order valence-corrected chi connectivity index (χ3v) is 3.74. The minimum Gasteiger partial charge on any atom is -0.406 e. The quantitative estimate of drug-likeness (QED) is 0.903. The van der Waals surface area contributed by atoms with E-state index < -0.39 is 6.36 Å². The van der Waals surface area contributed by atoms with Gasteiger partial charge in [-0.1, -0.05) is 19.1 Å². The highest BCUT2D eigenvalue weighted by Crippen LogP contribution is 2.28. The topological polar surface area (TPSA) is 30.5 Å². The maximum atomic E-state index is 12.0. The number of halogens is 3. The molecule has 1 saturated heterocycles. The van der Waals surface area contributed by atoms with Gasteiger partial charge in [0.15, 0.2) is 0 Å². The molecule has 0 aliphatic carbocycles. The Kier molecular flexibility index (Phi) is 5.11. The molecule has 21 heavy (non-hydrogen) atoms. The van der Waals surface area contributed by atoms with Gasteiger partial charge in [-0.05, 0) is 36.0 Å². The standard InChI is InChI=1S/C15H20F3NO2/c1-14(6-8-20-9-7-14)11-19-10-12-2-4-13(5-3-12)21-15(16,17)18/h2-5,19H,6-11H2,1H3. The molecule has 0 atom stereocenters. The minimum absolute atomic E-state index is 0.192. The lowest BCUT2D eigenvalue weighted by atomic mass is 9.82. The van der Waals surface area contributed by atoms with Crippen LogP contribution in [0.4, 0.5) is 13.2 Å². The van der Waals surface area contributed by atoms with E-state index in [9.17, 15) is 13.2 Å². The zero-order valence-electron chi connectivity index (χ0n) is 12.0. The molecule has 0 saturated carbocycles. The van der Waals surface area contributed by atoms with E-state index in [-0.39, 0.29) is 11.2 Å². The Hall–Kier alpha value is -1.27. The molecule has 2 rings (SSSR count). The van der Waals surface area contributed by atoms with Gasteiger partial charge in [-0.25, -0.2) is 0 Å². The third kappa shape index (κ3) is 5.55. The summed E-state index contributed by atoms with van der Waals surface area (Å²) in [6.45, 7) is 5.31. The fourth-order valence-electron chi connectivity index (χ4n) is 2.36. The van der Waals surface area contributed by atoms with Gasteiger partial charge in [-0.15, -0.1) is 13.2 Å². The zero-order chi connectivity index (χ0) is 15.3. The molecule has 1 N–H and O–H groups in total. The number of hydrogen-bond donors (Lipinski definition) is 1. The first-order valence-corrected chi connectivity index (χ1v) is 7.00. The highest BCUT2D eigenvalue weighted by molar-refractivity contribution is 5.27. The summed E-state index contributed by atoms with van der Waals surface area (Å²) < 4.78 is 45.3. The lowest BCUT2D eigenvalue weighted by Gasteiger charge is -2.33. The van der Waals surface area contributed by atoms with Crippen LogP contribution in [0.25, 0.3) is 0 Å². The Labute approximate surface area is 122 Å². The number of rotatable bonds is 5. The number of ether oxygens (including phenoxy) is 2. The van der Waals surface area contributed by atoms with Crippen LogP contribution in [0.2, 0.25) is 0 Å². The van der Waals surface area contributed by atoms with Crippen molar-refractivity contribution in [2.24, 2.45) is 5.41 Å². The molecule has 3 nitrogen and oxygen atoms in total. The van der Waals surface area contributed by atoms with E-state index in [4.69, 9.17) is 4.74 Å². The van der Waals surface area contributed by atoms with Crippen molar-refractivity contribution >= 4 is 0 Å². The van der Waals surface area contributed by atoms with Gasteiger partial charge in [0, 0.05) is 26.3 Å². The maximum Gasteiger partial charge on any atom is 0.573 e. The van der Waals surface area contributed by atoms with Gasteiger partial charge >= 0.3 is 6.36 Å².